The van der Waals surface area contributed by atoms with Crippen LogP contribution in [0.3, 0.4) is 0 Å². The molecule has 27 heavy (non-hydrogen) atoms. The van der Waals surface area contributed by atoms with Crippen LogP contribution in [-0.2, 0) is 14.3 Å². The number of ether oxygens (including phenoxy) is 1. The molecule has 0 aromatic rings. The van der Waals surface area contributed by atoms with Crippen LogP contribution in [0.1, 0.15) is 53.9 Å². The maximum Gasteiger partial charge on any atom is 0.408 e. The molecule has 0 bridgehead atoms. The lowest BCUT2D eigenvalue weighted by Gasteiger charge is -2.22. The molecule has 0 rings (SSSR count). The minimum Gasteiger partial charge on any atom is -0.444 e. The van der Waals surface area contributed by atoms with Gasteiger partial charge < -0.3 is 25.8 Å². The summed E-state index contributed by atoms with van der Waals surface area (Å²) < 4.78 is 5.11. The summed E-state index contributed by atoms with van der Waals surface area (Å²) in [4.78, 5) is 33.4. The summed E-state index contributed by atoms with van der Waals surface area (Å²) in [6, 6.07) is -0.540. The molecule has 0 saturated heterocycles. The third-order valence-electron chi connectivity index (χ3n) is 2.71. The topological polar surface area (TPSA) is 117 Å². The number of carbonyl (C=O) groups excluding carboxylic acids is 3. The lowest BCUT2D eigenvalue weighted by molar-refractivity contribution is -0.123. The van der Waals surface area contributed by atoms with Crippen molar-refractivity contribution >= 4 is 29.7 Å². The van der Waals surface area contributed by atoms with E-state index in [1.807, 2.05) is 20.1 Å². The normalized spacial score (nSPS) is 10.9. The minimum atomic E-state index is -0.563. The molecule has 0 spiro atoms. The molecular weight excluding hydrogens is 370 g/mol. The van der Waals surface area contributed by atoms with E-state index >= 15 is 0 Å². The molecule has 0 aliphatic heterocycles. The molecule has 0 saturated carbocycles. The minimum absolute atomic E-state index is 0.0148. The fraction of sp³-hybridized carbons (Fsp3) is 0.833. The number of alkyl carbamates (subject to hydrolysis) is 1. The van der Waals surface area contributed by atoms with E-state index in [0.717, 1.165) is 5.75 Å². The number of thioether (sulfide) groups is 1. The molecule has 0 aromatic heterocycles. The maximum atomic E-state index is 11.5. The van der Waals surface area contributed by atoms with Crippen LogP contribution in [0.15, 0.2) is 0 Å². The standard InChI is InChI=1S/C11H22N2O3S.C5H11NO2.C2H6/c1-11(2,3)16-10(15)13-8(6-7-17-5)9(14)12-4;1-6-5(8)3-2-4-7;1-2/h8H,6-7H2,1-5H3,(H,12,14)(H,13,15);7H,2-4H2,1H3,(H,6,8);1-2H3. The van der Waals surface area contributed by atoms with Crippen LogP contribution in [0.4, 0.5) is 4.79 Å². The van der Waals surface area contributed by atoms with Crippen molar-refractivity contribution in [2.75, 3.05) is 32.7 Å². The van der Waals surface area contributed by atoms with Gasteiger partial charge in [-0.3, -0.25) is 9.59 Å². The first-order chi connectivity index (χ1) is 12.6. The second kappa shape index (κ2) is 19.3. The summed E-state index contributed by atoms with van der Waals surface area (Å²) in [5, 5.41) is 15.8. The molecule has 0 aliphatic rings. The van der Waals surface area contributed by atoms with E-state index in [0.29, 0.717) is 19.3 Å². The predicted molar refractivity (Wildman–Crippen MR) is 112 cm³/mol. The molecule has 8 nitrogen and oxygen atoms in total. The number of rotatable bonds is 8. The summed E-state index contributed by atoms with van der Waals surface area (Å²) in [6.07, 6.45) is 2.95. The van der Waals surface area contributed by atoms with Gasteiger partial charge in [0.1, 0.15) is 11.6 Å². The van der Waals surface area contributed by atoms with E-state index in [4.69, 9.17) is 9.84 Å². The monoisotopic (exact) mass is 409 g/mol. The van der Waals surface area contributed by atoms with Crippen LogP contribution in [0.2, 0.25) is 0 Å². The van der Waals surface area contributed by atoms with Gasteiger partial charge in [0.05, 0.1) is 0 Å². The molecule has 3 amide bonds. The molecular formula is C18H39N3O5S. The van der Waals surface area contributed by atoms with Crippen molar-refractivity contribution in [2.45, 2.75) is 65.5 Å². The lowest BCUT2D eigenvalue weighted by Crippen LogP contribution is -2.47. The van der Waals surface area contributed by atoms with Crippen LogP contribution in [0, 0.1) is 0 Å². The van der Waals surface area contributed by atoms with Crippen molar-refractivity contribution in [3.8, 4) is 0 Å². The van der Waals surface area contributed by atoms with Crippen molar-refractivity contribution in [2.24, 2.45) is 0 Å². The molecule has 0 radical (unpaired) electrons. The summed E-state index contributed by atoms with van der Waals surface area (Å²) >= 11 is 1.63. The SMILES string of the molecule is CC.CNC(=O)C(CCSC)NC(=O)OC(C)(C)C.CNC(=O)CCCO. The van der Waals surface area contributed by atoms with E-state index < -0.39 is 17.7 Å². The van der Waals surface area contributed by atoms with E-state index in [-0.39, 0.29) is 18.4 Å². The number of likely N-dealkylation sites (N-methyl/N-ethyl adjacent to an activating group) is 1. The fourth-order valence-corrected chi connectivity index (χ4v) is 1.96. The van der Waals surface area contributed by atoms with Gasteiger partial charge in [0.25, 0.3) is 0 Å². The van der Waals surface area contributed by atoms with Crippen molar-refractivity contribution < 1.29 is 24.2 Å². The highest BCUT2D eigenvalue weighted by molar-refractivity contribution is 7.98. The summed E-state index contributed by atoms with van der Waals surface area (Å²) in [7, 11) is 3.13. The number of hydrogen-bond donors (Lipinski definition) is 4. The van der Waals surface area contributed by atoms with Crippen molar-refractivity contribution in [3.05, 3.63) is 0 Å². The quantitative estimate of drug-likeness (QED) is 0.486. The first kappa shape index (κ1) is 30.3. The number of aliphatic hydroxyl groups is 1. The van der Waals surface area contributed by atoms with E-state index in [1.165, 1.54) is 0 Å². The smallest absolute Gasteiger partial charge is 0.408 e. The predicted octanol–water partition coefficient (Wildman–Crippen LogP) is 1.91. The van der Waals surface area contributed by atoms with Gasteiger partial charge >= 0.3 is 6.09 Å². The van der Waals surface area contributed by atoms with Crippen molar-refractivity contribution in [1.82, 2.24) is 16.0 Å². The van der Waals surface area contributed by atoms with Crippen LogP contribution >= 0.6 is 11.8 Å². The first-order valence-corrected chi connectivity index (χ1v) is 10.5. The highest BCUT2D eigenvalue weighted by atomic mass is 32.2. The summed E-state index contributed by atoms with van der Waals surface area (Å²) in [5.74, 6) is 0.581. The van der Waals surface area contributed by atoms with Crippen LogP contribution in [-0.4, -0.2) is 67.4 Å². The molecule has 0 fully saturated rings. The molecule has 0 aliphatic carbocycles. The van der Waals surface area contributed by atoms with Gasteiger partial charge in [0.15, 0.2) is 0 Å². The van der Waals surface area contributed by atoms with Gasteiger partial charge in [-0.15, -0.1) is 0 Å². The Kier molecular flexibility index (Phi) is 21.6. The maximum absolute atomic E-state index is 11.5. The fourth-order valence-electron chi connectivity index (χ4n) is 1.49. The Balaban J connectivity index is -0.000000482. The summed E-state index contributed by atoms with van der Waals surface area (Å²) in [6.45, 7) is 9.43. The Hall–Kier alpha value is -1.48. The van der Waals surface area contributed by atoms with Gasteiger partial charge in [-0.05, 0) is 45.6 Å². The highest BCUT2D eigenvalue weighted by Gasteiger charge is 2.23. The van der Waals surface area contributed by atoms with Crippen LogP contribution < -0.4 is 16.0 Å². The van der Waals surface area contributed by atoms with E-state index in [1.54, 1.807) is 46.6 Å². The molecule has 1 atom stereocenters. The van der Waals surface area contributed by atoms with Gasteiger partial charge in [-0.25, -0.2) is 4.79 Å². The molecule has 0 heterocycles. The van der Waals surface area contributed by atoms with Gasteiger partial charge in [0.2, 0.25) is 11.8 Å². The second-order valence-electron chi connectivity index (χ2n) is 6.09. The third-order valence-corrected chi connectivity index (χ3v) is 3.35. The Morgan fingerprint density at radius 1 is 1.11 bits per heavy atom. The Bertz CT molecular complexity index is 401. The number of aliphatic hydroxyl groups excluding tert-OH is 1. The van der Waals surface area contributed by atoms with Crippen LogP contribution in [0.5, 0.6) is 0 Å². The number of nitrogens with one attached hydrogen (secondary N) is 3. The van der Waals surface area contributed by atoms with E-state index in [2.05, 4.69) is 16.0 Å². The number of amides is 3. The molecule has 162 valence electrons. The Labute approximate surface area is 168 Å². The molecule has 4 N–H and O–H groups in total. The number of hydrogen-bond acceptors (Lipinski definition) is 6. The highest BCUT2D eigenvalue weighted by Crippen LogP contribution is 2.08. The van der Waals surface area contributed by atoms with E-state index in [9.17, 15) is 14.4 Å². The largest absolute Gasteiger partial charge is 0.444 e. The zero-order chi connectivity index (χ0) is 21.9. The van der Waals surface area contributed by atoms with Crippen LogP contribution in [0.25, 0.3) is 0 Å². The lowest BCUT2D eigenvalue weighted by atomic mass is 10.2. The first-order valence-electron chi connectivity index (χ1n) is 9.12. The van der Waals surface area contributed by atoms with Gasteiger partial charge in [-0.1, -0.05) is 13.8 Å². The Morgan fingerprint density at radius 3 is 2.04 bits per heavy atom. The zero-order valence-corrected chi connectivity index (χ0v) is 18.9. The average molecular weight is 410 g/mol. The third kappa shape index (κ3) is 22.5. The average Bonchev–Trinajstić information content (AvgIpc) is 2.63. The molecule has 0 aromatic carbocycles. The second-order valence-corrected chi connectivity index (χ2v) is 7.08. The number of carbonyl (C=O) groups is 3. The zero-order valence-electron chi connectivity index (χ0n) is 18.1. The van der Waals surface area contributed by atoms with Gasteiger partial charge in [0, 0.05) is 27.1 Å². The van der Waals surface area contributed by atoms with Gasteiger partial charge in [-0.2, -0.15) is 11.8 Å². The van der Waals surface area contributed by atoms with Crippen molar-refractivity contribution in [3.63, 3.8) is 0 Å². The molecule has 9 heteroatoms. The van der Waals surface area contributed by atoms with Crippen molar-refractivity contribution in [1.29, 1.82) is 0 Å². The Morgan fingerprint density at radius 2 is 1.67 bits per heavy atom. The molecule has 1 unspecified atom stereocenters. The summed E-state index contributed by atoms with van der Waals surface area (Å²) in [5.41, 5.74) is -0.559.